The van der Waals surface area contributed by atoms with Crippen LogP contribution in [0.1, 0.15) is 5.69 Å². The fourth-order valence-electron chi connectivity index (χ4n) is 3.96. The standard InChI is InChI=1S/C22H22N4/c1-3-7-20-17(5-1)15-18(24-20)16-25-11-13-26(14-12-25)22-9-10-23-21-8-4-2-6-19(21)22/h1-10,15,24H,11-14,16H2. The van der Waals surface area contributed by atoms with Crippen LogP contribution < -0.4 is 4.90 Å². The SMILES string of the molecule is c1ccc2[nH]c(CN3CCN(c4ccnc5ccccc45)CC3)cc2c1. The third-order valence-electron chi connectivity index (χ3n) is 5.32. The number of nitrogens with zero attached hydrogens (tertiary/aromatic N) is 3. The van der Waals surface area contributed by atoms with Gasteiger partial charge in [0.05, 0.1) is 5.52 Å². The van der Waals surface area contributed by atoms with Crippen molar-refractivity contribution in [3.63, 3.8) is 0 Å². The predicted molar refractivity (Wildman–Crippen MR) is 108 cm³/mol. The van der Waals surface area contributed by atoms with Crippen molar-refractivity contribution in [1.82, 2.24) is 14.9 Å². The van der Waals surface area contributed by atoms with E-state index >= 15 is 0 Å². The first-order chi connectivity index (χ1) is 12.9. The number of pyridine rings is 1. The van der Waals surface area contributed by atoms with Crippen molar-refractivity contribution in [3.8, 4) is 0 Å². The number of aromatic amines is 1. The zero-order valence-electron chi connectivity index (χ0n) is 14.7. The van der Waals surface area contributed by atoms with Crippen LogP contribution in [0.5, 0.6) is 0 Å². The smallest absolute Gasteiger partial charge is 0.0722 e. The minimum absolute atomic E-state index is 0.986. The number of nitrogens with one attached hydrogen (secondary N) is 1. The van der Waals surface area contributed by atoms with Crippen molar-refractivity contribution in [2.75, 3.05) is 31.1 Å². The van der Waals surface area contributed by atoms with Gasteiger partial charge in [-0.3, -0.25) is 9.88 Å². The van der Waals surface area contributed by atoms with Crippen LogP contribution >= 0.6 is 0 Å². The van der Waals surface area contributed by atoms with Crippen LogP contribution in [0.3, 0.4) is 0 Å². The summed E-state index contributed by atoms with van der Waals surface area (Å²) >= 11 is 0. The highest BCUT2D eigenvalue weighted by molar-refractivity contribution is 5.91. The molecule has 0 aliphatic carbocycles. The van der Waals surface area contributed by atoms with Crippen LogP contribution in [0.15, 0.2) is 66.9 Å². The van der Waals surface area contributed by atoms with Crippen molar-refractivity contribution in [2.24, 2.45) is 0 Å². The molecule has 1 saturated heterocycles. The molecule has 4 nitrogen and oxygen atoms in total. The van der Waals surface area contributed by atoms with E-state index in [1.807, 2.05) is 6.20 Å². The topological polar surface area (TPSA) is 35.2 Å². The van der Waals surface area contributed by atoms with Gasteiger partial charge < -0.3 is 9.88 Å². The van der Waals surface area contributed by atoms with Crippen LogP contribution in [0.4, 0.5) is 5.69 Å². The molecule has 4 aromatic rings. The summed E-state index contributed by atoms with van der Waals surface area (Å²) in [6.07, 6.45) is 1.93. The van der Waals surface area contributed by atoms with E-state index in [4.69, 9.17) is 0 Å². The van der Waals surface area contributed by atoms with Crippen molar-refractivity contribution in [2.45, 2.75) is 6.54 Å². The highest BCUT2D eigenvalue weighted by atomic mass is 15.3. The van der Waals surface area contributed by atoms with Crippen molar-refractivity contribution in [1.29, 1.82) is 0 Å². The van der Waals surface area contributed by atoms with E-state index in [-0.39, 0.29) is 0 Å². The van der Waals surface area contributed by atoms with E-state index in [0.717, 1.165) is 38.2 Å². The third-order valence-corrected chi connectivity index (χ3v) is 5.32. The van der Waals surface area contributed by atoms with Crippen LogP contribution in [0, 0.1) is 0 Å². The summed E-state index contributed by atoms with van der Waals surface area (Å²) in [7, 11) is 0. The highest BCUT2D eigenvalue weighted by Gasteiger charge is 2.19. The molecule has 0 radical (unpaired) electrons. The van der Waals surface area contributed by atoms with E-state index in [0.29, 0.717) is 0 Å². The molecule has 0 atom stereocenters. The van der Waals surface area contributed by atoms with Gasteiger partial charge in [0.1, 0.15) is 0 Å². The molecule has 0 spiro atoms. The van der Waals surface area contributed by atoms with Gasteiger partial charge in [-0.05, 0) is 29.7 Å². The fourth-order valence-corrected chi connectivity index (χ4v) is 3.96. The molecular weight excluding hydrogens is 320 g/mol. The minimum Gasteiger partial charge on any atom is -0.368 e. The molecule has 1 aliphatic rings. The first-order valence-corrected chi connectivity index (χ1v) is 9.24. The number of benzene rings is 2. The van der Waals surface area contributed by atoms with E-state index in [9.17, 15) is 0 Å². The lowest BCUT2D eigenvalue weighted by Crippen LogP contribution is -2.46. The molecule has 26 heavy (non-hydrogen) atoms. The third kappa shape index (κ3) is 2.82. The van der Waals surface area contributed by atoms with Gasteiger partial charge in [0.15, 0.2) is 0 Å². The molecule has 4 heteroatoms. The molecule has 0 unspecified atom stereocenters. The summed E-state index contributed by atoms with van der Waals surface area (Å²) in [5, 5.41) is 2.54. The van der Waals surface area contributed by atoms with Gasteiger partial charge in [0, 0.05) is 61.2 Å². The van der Waals surface area contributed by atoms with Crippen LogP contribution in [0.2, 0.25) is 0 Å². The zero-order valence-corrected chi connectivity index (χ0v) is 14.7. The molecule has 2 aromatic heterocycles. The average Bonchev–Trinajstić information content (AvgIpc) is 3.10. The maximum atomic E-state index is 4.49. The van der Waals surface area contributed by atoms with E-state index in [1.165, 1.54) is 27.7 Å². The van der Waals surface area contributed by atoms with Gasteiger partial charge >= 0.3 is 0 Å². The Labute approximate surface area is 153 Å². The number of hydrogen-bond donors (Lipinski definition) is 1. The molecular formula is C22H22N4. The van der Waals surface area contributed by atoms with Crippen molar-refractivity contribution >= 4 is 27.5 Å². The summed E-state index contributed by atoms with van der Waals surface area (Å²) in [5.74, 6) is 0. The Hall–Kier alpha value is -2.85. The molecule has 2 aromatic carbocycles. The maximum Gasteiger partial charge on any atom is 0.0722 e. The summed E-state index contributed by atoms with van der Waals surface area (Å²) in [6.45, 7) is 5.24. The van der Waals surface area contributed by atoms with Gasteiger partial charge in [-0.2, -0.15) is 0 Å². The number of para-hydroxylation sites is 2. The number of H-pyrrole nitrogens is 1. The lowest BCUT2D eigenvalue weighted by Gasteiger charge is -2.36. The van der Waals surface area contributed by atoms with E-state index in [1.54, 1.807) is 0 Å². The Kier molecular flexibility index (Phi) is 3.83. The Morgan fingerprint density at radius 1 is 0.885 bits per heavy atom. The largest absolute Gasteiger partial charge is 0.368 e. The average molecular weight is 342 g/mol. The number of aromatic nitrogens is 2. The van der Waals surface area contributed by atoms with Crippen molar-refractivity contribution in [3.05, 3.63) is 72.6 Å². The number of fused-ring (bicyclic) bond motifs is 2. The summed E-state index contributed by atoms with van der Waals surface area (Å²) in [4.78, 5) is 13.1. The Morgan fingerprint density at radius 2 is 1.69 bits per heavy atom. The number of anilines is 1. The van der Waals surface area contributed by atoms with Crippen LogP contribution in [-0.2, 0) is 6.54 Å². The first kappa shape index (κ1) is 15.4. The van der Waals surface area contributed by atoms with Gasteiger partial charge in [0.2, 0.25) is 0 Å². The Bertz CT molecular complexity index is 1010. The van der Waals surface area contributed by atoms with Gasteiger partial charge in [-0.25, -0.2) is 0 Å². The summed E-state index contributed by atoms with van der Waals surface area (Å²) in [6, 6.07) is 21.3. The van der Waals surface area contributed by atoms with Crippen molar-refractivity contribution < 1.29 is 0 Å². The van der Waals surface area contributed by atoms with Crippen LogP contribution in [-0.4, -0.2) is 41.0 Å². The molecule has 1 aliphatic heterocycles. The first-order valence-electron chi connectivity index (χ1n) is 9.24. The monoisotopic (exact) mass is 342 g/mol. The fraction of sp³-hybridized carbons (Fsp3) is 0.227. The second kappa shape index (κ2) is 6.46. The maximum absolute atomic E-state index is 4.49. The van der Waals surface area contributed by atoms with Gasteiger partial charge in [0.25, 0.3) is 0 Å². The minimum atomic E-state index is 0.986. The van der Waals surface area contributed by atoms with Gasteiger partial charge in [-0.15, -0.1) is 0 Å². The number of rotatable bonds is 3. The zero-order chi connectivity index (χ0) is 17.3. The molecule has 5 rings (SSSR count). The molecule has 0 saturated carbocycles. The molecule has 0 bridgehead atoms. The second-order valence-corrected chi connectivity index (χ2v) is 6.99. The number of hydrogen-bond acceptors (Lipinski definition) is 3. The lowest BCUT2D eigenvalue weighted by atomic mass is 10.1. The second-order valence-electron chi connectivity index (χ2n) is 6.99. The molecule has 1 N–H and O–H groups in total. The molecule has 0 amide bonds. The summed E-state index contributed by atoms with van der Waals surface area (Å²) in [5.41, 5.74) is 4.91. The number of piperazine rings is 1. The Morgan fingerprint density at radius 3 is 2.58 bits per heavy atom. The van der Waals surface area contributed by atoms with Crippen LogP contribution in [0.25, 0.3) is 21.8 Å². The normalized spacial score (nSPS) is 15.8. The molecule has 1 fully saturated rings. The lowest BCUT2D eigenvalue weighted by molar-refractivity contribution is 0.248. The predicted octanol–water partition coefficient (Wildman–Crippen LogP) is 4.04. The summed E-state index contributed by atoms with van der Waals surface area (Å²) < 4.78 is 0. The molecule has 3 heterocycles. The highest BCUT2D eigenvalue weighted by Crippen LogP contribution is 2.26. The molecule has 130 valence electrons. The van der Waals surface area contributed by atoms with Gasteiger partial charge in [-0.1, -0.05) is 36.4 Å². The quantitative estimate of drug-likeness (QED) is 0.610. The van der Waals surface area contributed by atoms with E-state index < -0.39 is 0 Å². The Balaban J connectivity index is 1.30. The van der Waals surface area contributed by atoms with E-state index in [2.05, 4.69) is 80.4 Å².